The van der Waals surface area contributed by atoms with Crippen LogP contribution in [-0.4, -0.2) is 72.0 Å². The predicted octanol–water partition coefficient (Wildman–Crippen LogP) is 2.87. The molecule has 0 amide bonds. The van der Waals surface area contributed by atoms with Crippen molar-refractivity contribution in [1.29, 1.82) is 0 Å². The number of carbonyl (C=O) groups excluding carboxylic acids is 1. The van der Waals surface area contributed by atoms with Crippen LogP contribution in [0.4, 0.5) is 0 Å². The summed E-state index contributed by atoms with van der Waals surface area (Å²) in [5.41, 5.74) is 1.34. The topological polar surface area (TPSA) is 66.9 Å². The number of aryl methyl sites for hydroxylation is 1. The van der Waals surface area contributed by atoms with E-state index >= 15 is 0 Å². The van der Waals surface area contributed by atoms with Crippen LogP contribution in [0.1, 0.15) is 16.2 Å². The third-order valence-electron chi connectivity index (χ3n) is 3.67. The molecule has 3 aromatic rings. The summed E-state index contributed by atoms with van der Waals surface area (Å²) < 4.78 is 6.76. The number of aldehydes is 1. The van der Waals surface area contributed by atoms with Crippen molar-refractivity contribution in [2.45, 2.75) is 6.92 Å². The number of likely N-dealkylation sites (N-methyl/N-ethyl adjacent to an activating group) is 2. The Hall–Kier alpha value is -2.22. The summed E-state index contributed by atoms with van der Waals surface area (Å²) >= 11 is 6.08. The molecule has 0 unspecified atom stereocenters. The first-order valence-electron chi connectivity index (χ1n) is 8.19. The van der Waals surface area contributed by atoms with Crippen LogP contribution in [-0.2, 0) is 0 Å². The van der Waals surface area contributed by atoms with Crippen molar-refractivity contribution in [3.63, 3.8) is 0 Å². The van der Waals surface area contributed by atoms with E-state index in [1.165, 1.54) is 4.52 Å². The summed E-state index contributed by atoms with van der Waals surface area (Å²) in [5, 5.41) is 4.85. The van der Waals surface area contributed by atoms with Crippen LogP contribution in [0.5, 0.6) is 0 Å². The molecule has 7 nitrogen and oxygen atoms in total. The van der Waals surface area contributed by atoms with Gasteiger partial charge in [0, 0.05) is 18.7 Å². The smallest absolute Gasteiger partial charge is 0.325 e. The molecule has 3 rings (SSSR count). The predicted molar refractivity (Wildman–Crippen MR) is 103 cm³/mol. The number of carbonyl (C=O) groups is 1. The van der Waals surface area contributed by atoms with E-state index in [2.05, 4.69) is 48.1 Å². The van der Waals surface area contributed by atoms with E-state index in [0.717, 1.165) is 18.7 Å². The van der Waals surface area contributed by atoms with Crippen LogP contribution in [0, 0.1) is 6.92 Å². The fourth-order valence-corrected chi connectivity index (χ4v) is 2.35. The van der Waals surface area contributed by atoms with Crippen LogP contribution in [0.25, 0.3) is 17.2 Å². The molecule has 0 aliphatic heterocycles. The van der Waals surface area contributed by atoms with Crippen molar-refractivity contribution in [2.24, 2.45) is 0 Å². The zero-order chi connectivity index (χ0) is 19.3. The number of halogens is 1. The van der Waals surface area contributed by atoms with E-state index in [0.29, 0.717) is 22.8 Å². The van der Waals surface area contributed by atoms with E-state index in [9.17, 15) is 4.79 Å². The average Bonchev–Trinajstić information content (AvgIpc) is 3.13. The maximum Gasteiger partial charge on any atom is 0.325 e. The number of hydrogen-bond donors (Lipinski definition) is 0. The molecule has 140 valence electrons. The Bertz CT molecular complexity index is 862. The SMILES string of the molecule is CN(C)CCN(C)C.Cc1c(C=O)oc2nc(-c3ccccc3Cl)nn12. The van der Waals surface area contributed by atoms with Gasteiger partial charge in [-0.3, -0.25) is 4.79 Å². The number of rotatable bonds is 5. The Kier molecular flexibility index (Phi) is 6.90. The highest BCUT2D eigenvalue weighted by atomic mass is 35.5. The van der Waals surface area contributed by atoms with Gasteiger partial charge in [-0.1, -0.05) is 23.7 Å². The summed E-state index contributed by atoms with van der Waals surface area (Å²) in [6.07, 6.45) is 0.640. The Labute approximate surface area is 158 Å². The molecule has 0 bridgehead atoms. The summed E-state index contributed by atoms with van der Waals surface area (Å²) in [6.45, 7) is 4.03. The van der Waals surface area contributed by atoms with Gasteiger partial charge in [0.2, 0.25) is 0 Å². The van der Waals surface area contributed by atoms with Gasteiger partial charge in [-0.2, -0.15) is 9.50 Å². The third-order valence-corrected chi connectivity index (χ3v) is 4.00. The Morgan fingerprint density at radius 1 is 1.15 bits per heavy atom. The second kappa shape index (κ2) is 8.93. The van der Waals surface area contributed by atoms with Crippen LogP contribution < -0.4 is 0 Å². The highest BCUT2D eigenvalue weighted by Gasteiger charge is 2.16. The van der Waals surface area contributed by atoms with Crippen molar-refractivity contribution >= 4 is 23.7 Å². The summed E-state index contributed by atoms with van der Waals surface area (Å²) in [7, 11) is 8.35. The molecular weight excluding hydrogens is 354 g/mol. The van der Waals surface area contributed by atoms with Crippen molar-refractivity contribution in [2.75, 3.05) is 41.3 Å². The molecule has 1 aromatic carbocycles. The zero-order valence-electron chi connectivity index (χ0n) is 15.7. The van der Waals surface area contributed by atoms with Crippen LogP contribution in [0.2, 0.25) is 5.02 Å². The highest BCUT2D eigenvalue weighted by Crippen LogP contribution is 2.26. The second-order valence-electron chi connectivity index (χ2n) is 6.39. The molecule has 8 heteroatoms. The first kappa shape index (κ1) is 20.1. The molecular formula is C18H24ClN5O2. The minimum absolute atomic E-state index is 0.232. The molecule has 0 spiro atoms. The molecule has 0 aliphatic carbocycles. The number of hydrogen-bond acceptors (Lipinski definition) is 6. The molecule has 0 atom stereocenters. The fourth-order valence-electron chi connectivity index (χ4n) is 2.12. The van der Waals surface area contributed by atoms with E-state index in [-0.39, 0.29) is 11.6 Å². The van der Waals surface area contributed by atoms with E-state index in [1.807, 2.05) is 18.2 Å². The van der Waals surface area contributed by atoms with Gasteiger partial charge in [-0.15, -0.1) is 5.10 Å². The maximum absolute atomic E-state index is 10.7. The van der Waals surface area contributed by atoms with Crippen molar-refractivity contribution < 1.29 is 9.21 Å². The first-order chi connectivity index (χ1) is 12.3. The van der Waals surface area contributed by atoms with E-state index in [4.69, 9.17) is 16.0 Å². The summed E-state index contributed by atoms with van der Waals surface area (Å²) in [4.78, 5) is 19.3. The average molecular weight is 378 g/mol. The molecule has 0 N–H and O–H groups in total. The lowest BCUT2D eigenvalue weighted by Gasteiger charge is -2.13. The molecule has 2 heterocycles. The van der Waals surface area contributed by atoms with Crippen LogP contribution in [0.3, 0.4) is 0 Å². The molecule has 2 aromatic heterocycles. The molecule has 0 aliphatic rings. The molecule has 0 radical (unpaired) electrons. The lowest BCUT2D eigenvalue weighted by molar-refractivity contribution is 0.110. The van der Waals surface area contributed by atoms with Gasteiger partial charge < -0.3 is 14.2 Å². The van der Waals surface area contributed by atoms with Gasteiger partial charge in [0.25, 0.3) is 0 Å². The fraction of sp³-hybridized carbons (Fsp3) is 0.389. The van der Waals surface area contributed by atoms with Crippen LogP contribution >= 0.6 is 11.6 Å². The molecule has 26 heavy (non-hydrogen) atoms. The third kappa shape index (κ3) is 4.91. The molecule has 0 saturated heterocycles. The number of nitrogens with zero attached hydrogens (tertiary/aromatic N) is 5. The minimum Gasteiger partial charge on any atom is -0.419 e. The number of oxazole rings is 1. The monoisotopic (exact) mass is 377 g/mol. The lowest BCUT2D eigenvalue weighted by Crippen LogP contribution is -2.25. The number of aromatic nitrogens is 3. The van der Waals surface area contributed by atoms with Crippen molar-refractivity contribution in [1.82, 2.24) is 24.4 Å². The minimum atomic E-state index is 0.232. The normalized spacial score (nSPS) is 11.1. The van der Waals surface area contributed by atoms with E-state index in [1.54, 1.807) is 13.0 Å². The highest BCUT2D eigenvalue weighted by molar-refractivity contribution is 6.33. The van der Waals surface area contributed by atoms with Gasteiger partial charge in [0.15, 0.2) is 17.9 Å². The maximum atomic E-state index is 10.7. The summed E-state index contributed by atoms with van der Waals surface area (Å²) in [5.74, 6) is 0.986. The second-order valence-corrected chi connectivity index (χ2v) is 6.79. The molecule has 0 fully saturated rings. The number of benzene rings is 1. The van der Waals surface area contributed by atoms with Gasteiger partial charge in [0.05, 0.1) is 10.7 Å². The van der Waals surface area contributed by atoms with Gasteiger partial charge >= 0.3 is 5.84 Å². The van der Waals surface area contributed by atoms with Gasteiger partial charge in [-0.25, -0.2) is 0 Å². The largest absolute Gasteiger partial charge is 0.419 e. The van der Waals surface area contributed by atoms with E-state index < -0.39 is 0 Å². The van der Waals surface area contributed by atoms with Crippen LogP contribution in [0.15, 0.2) is 28.7 Å². The Morgan fingerprint density at radius 3 is 2.27 bits per heavy atom. The first-order valence-corrected chi connectivity index (χ1v) is 8.57. The van der Waals surface area contributed by atoms with Gasteiger partial charge in [0.1, 0.15) is 0 Å². The quantitative estimate of drug-likeness (QED) is 0.637. The molecule has 0 saturated carbocycles. The summed E-state index contributed by atoms with van der Waals surface area (Å²) in [6, 6.07) is 7.28. The standard InChI is InChI=1S/C12H8ClN3O2.C6H16N2/c1-7-10(6-17)18-12-14-11(15-16(7)12)8-4-2-3-5-9(8)13;1-7(2)5-6-8(3)4/h2-6H,1H3;5-6H2,1-4H3. The Balaban J connectivity index is 0.000000260. The van der Waals surface area contributed by atoms with Crippen molar-refractivity contribution in [3.05, 3.63) is 40.7 Å². The zero-order valence-corrected chi connectivity index (χ0v) is 16.5. The Morgan fingerprint density at radius 2 is 1.77 bits per heavy atom. The van der Waals surface area contributed by atoms with Crippen molar-refractivity contribution in [3.8, 4) is 11.4 Å². The lowest BCUT2D eigenvalue weighted by atomic mass is 10.2. The number of fused-ring (bicyclic) bond motifs is 1. The van der Waals surface area contributed by atoms with Gasteiger partial charge in [-0.05, 0) is 47.2 Å².